The molecule has 10 rings (SSSR count). The number of H-pyrrole nitrogens is 3. The summed E-state index contributed by atoms with van der Waals surface area (Å²) in [5, 5.41) is 18.0. The zero-order valence-electron chi connectivity index (χ0n) is 42.0. The highest BCUT2D eigenvalue weighted by molar-refractivity contribution is 6.07. The van der Waals surface area contributed by atoms with Crippen LogP contribution in [0.5, 0.6) is 0 Å². The lowest BCUT2D eigenvalue weighted by Gasteiger charge is -2.11. The Morgan fingerprint density at radius 1 is 0.606 bits per heavy atom. The second-order valence-electron chi connectivity index (χ2n) is 17.3. The predicted octanol–water partition coefficient (Wildman–Crippen LogP) is 11.9. The molecule has 9 N–H and O–H groups in total. The van der Waals surface area contributed by atoms with E-state index in [1.807, 2.05) is 101 Å². The van der Waals surface area contributed by atoms with Gasteiger partial charge in [0.1, 0.15) is 23.3 Å². The Kier molecular flexibility index (Phi) is 16.2. The molecule has 0 saturated carbocycles. The Morgan fingerprint density at radius 3 is 1.65 bits per heavy atom. The first-order valence-corrected chi connectivity index (χ1v) is 24.0. The molecule has 10 aromatic rings. The van der Waals surface area contributed by atoms with Crippen LogP contribution in [0.2, 0.25) is 0 Å². The fourth-order valence-electron chi connectivity index (χ4n) is 8.42. The van der Waals surface area contributed by atoms with E-state index in [9.17, 15) is 9.59 Å². The molecule has 0 aliphatic rings. The Morgan fingerprint density at radius 2 is 1.10 bits per heavy atom. The van der Waals surface area contributed by atoms with E-state index in [1.165, 1.54) is 5.56 Å². The predicted molar refractivity (Wildman–Crippen MR) is 291 cm³/mol. The molecule has 0 radical (unpaired) electrons. The number of hydrogen-bond acceptors (Lipinski definition) is 9. The summed E-state index contributed by atoms with van der Waals surface area (Å²) >= 11 is 0. The van der Waals surface area contributed by atoms with Crippen LogP contribution in [0.25, 0.3) is 55.5 Å². The summed E-state index contributed by atoms with van der Waals surface area (Å²) in [5.41, 5.74) is 21.9. The number of aromatic amines is 3. The van der Waals surface area contributed by atoms with E-state index in [0.717, 1.165) is 139 Å². The second kappa shape index (κ2) is 22.8. The topological polar surface area (TPSA) is 220 Å². The summed E-state index contributed by atoms with van der Waals surface area (Å²) in [6.45, 7) is 12.3. The Balaban J connectivity index is 0.000000146. The molecule has 366 valence electrons. The number of aromatic carboxylic acids is 1. The number of carboxylic acids is 1. The Bertz CT molecular complexity index is 3470. The number of amides is 1. The lowest BCUT2D eigenvalue weighted by atomic mass is 10.1. The quantitative estimate of drug-likeness (QED) is 0.0573. The van der Waals surface area contributed by atoms with Crippen molar-refractivity contribution in [3.63, 3.8) is 0 Å². The Hall–Kier alpha value is -8.46. The zero-order chi connectivity index (χ0) is 50.8. The largest absolute Gasteiger partial charge is 0.478 e. The van der Waals surface area contributed by atoms with Crippen LogP contribution in [0.15, 0.2) is 109 Å². The van der Waals surface area contributed by atoms with Crippen molar-refractivity contribution in [1.29, 1.82) is 0 Å². The maximum atomic E-state index is 12.6. The fourth-order valence-corrected chi connectivity index (χ4v) is 8.42. The zero-order valence-corrected chi connectivity index (χ0v) is 42.0. The Labute approximate surface area is 413 Å². The molecule has 71 heavy (non-hydrogen) atoms. The lowest BCUT2D eigenvalue weighted by molar-refractivity contribution is 0.0696. The highest BCUT2D eigenvalue weighted by atomic mass is 16.4. The van der Waals surface area contributed by atoms with E-state index in [-0.39, 0.29) is 5.91 Å². The van der Waals surface area contributed by atoms with E-state index in [2.05, 4.69) is 109 Å². The molecule has 0 saturated heterocycles. The number of nitrogens with two attached hydrogens (primary N) is 1. The third-order valence-corrected chi connectivity index (χ3v) is 12.0. The van der Waals surface area contributed by atoms with Crippen LogP contribution in [0.1, 0.15) is 88.5 Å². The molecule has 4 heterocycles. The van der Waals surface area contributed by atoms with Gasteiger partial charge >= 0.3 is 5.97 Å². The number of carbonyl (C=O) groups is 2. The molecule has 0 aliphatic carbocycles. The summed E-state index contributed by atoms with van der Waals surface area (Å²) in [6.07, 6.45) is 4.76. The molecule has 4 aromatic heterocycles. The van der Waals surface area contributed by atoms with Gasteiger partial charge in [-0.1, -0.05) is 57.2 Å². The smallest absolute Gasteiger partial charge is 0.335 e. The summed E-state index contributed by atoms with van der Waals surface area (Å²) in [6, 6.07) is 34.9. The van der Waals surface area contributed by atoms with Crippen molar-refractivity contribution in [2.45, 2.75) is 73.6 Å². The van der Waals surface area contributed by atoms with Crippen LogP contribution in [-0.4, -0.2) is 70.5 Å². The number of fused-ring (bicyclic) bond motifs is 4. The minimum Gasteiger partial charge on any atom is -0.478 e. The van der Waals surface area contributed by atoms with Crippen LogP contribution in [0.4, 0.5) is 22.7 Å². The van der Waals surface area contributed by atoms with Gasteiger partial charge in [0.2, 0.25) is 0 Å². The first kappa shape index (κ1) is 50.4. The van der Waals surface area contributed by atoms with Gasteiger partial charge in [-0.15, -0.1) is 0 Å². The van der Waals surface area contributed by atoms with Gasteiger partial charge in [0.25, 0.3) is 5.91 Å². The van der Waals surface area contributed by atoms with Gasteiger partial charge in [-0.2, -0.15) is 0 Å². The molecule has 15 heteroatoms. The SMILES string of the molecule is CCCc1nc2c(C)cc(C(=O)Nc3ccccc3NC)cc2[nH]1.CCCc1nc2c(C)cc(C(=O)O)cc2[nH]1.CCc1nc2c(C)cc(-c3nc4ccccc4n3C)cc2[nH]1.CNc1ccccc1N. The maximum absolute atomic E-state index is 12.6. The molecule has 15 nitrogen and oxygen atoms in total. The van der Waals surface area contributed by atoms with Gasteiger partial charge in [-0.05, 0) is 123 Å². The number of nitrogens with zero attached hydrogens (tertiary/aromatic N) is 5. The number of nitrogens with one attached hydrogen (secondary N) is 6. The number of carboxylic acid groups (broad SMARTS) is 1. The number of nitrogen functional groups attached to an aromatic ring is 1. The molecule has 6 aromatic carbocycles. The summed E-state index contributed by atoms with van der Waals surface area (Å²) in [4.78, 5) is 51.9. The molecule has 1 amide bonds. The first-order chi connectivity index (χ1) is 34.2. The first-order valence-electron chi connectivity index (χ1n) is 24.0. The van der Waals surface area contributed by atoms with Crippen LogP contribution in [0.3, 0.4) is 0 Å². The van der Waals surface area contributed by atoms with Crippen LogP contribution in [0, 0.1) is 20.8 Å². The summed E-state index contributed by atoms with van der Waals surface area (Å²) < 4.78 is 2.15. The molecule has 0 aliphatic heterocycles. The van der Waals surface area contributed by atoms with Gasteiger partial charge in [0.15, 0.2) is 0 Å². The number of carbonyl (C=O) groups excluding carboxylic acids is 1. The van der Waals surface area contributed by atoms with Gasteiger partial charge in [-0.25, -0.2) is 24.7 Å². The van der Waals surface area contributed by atoms with Crippen molar-refractivity contribution in [3.8, 4) is 11.4 Å². The molecule has 0 spiro atoms. The monoisotopic (exact) mass is 953 g/mol. The lowest BCUT2D eigenvalue weighted by Crippen LogP contribution is -2.13. The normalized spacial score (nSPS) is 10.8. The average molecular weight is 953 g/mol. The van der Waals surface area contributed by atoms with E-state index >= 15 is 0 Å². The van der Waals surface area contributed by atoms with Gasteiger partial charge in [-0.3, -0.25) is 4.79 Å². The molecule has 0 bridgehead atoms. The number of anilines is 4. The molecule has 0 atom stereocenters. The van der Waals surface area contributed by atoms with E-state index < -0.39 is 5.97 Å². The van der Waals surface area contributed by atoms with Gasteiger partial charge < -0.3 is 46.3 Å². The molecule has 0 unspecified atom stereocenters. The third-order valence-electron chi connectivity index (χ3n) is 12.0. The fraction of sp³-hybridized carbons (Fsp3) is 0.250. The number of para-hydroxylation sites is 6. The van der Waals surface area contributed by atoms with Crippen LogP contribution >= 0.6 is 0 Å². The van der Waals surface area contributed by atoms with Crippen LogP contribution in [-0.2, 0) is 26.3 Å². The van der Waals surface area contributed by atoms with Crippen molar-refractivity contribution in [2.75, 3.05) is 35.8 Å². The summed E-state index contributed by atoms with van der Waals surface area (Å²) in [5.74, 6) is 2.86. The summed E-state index contributed by atoms with van der Waals surface area (Å²) in [7, 11) is 5.75. The number of aromatic nitrogens is 8. The molecular formula is C56H64N12O3. The standard InChI is InChI=1S/C19H22N4O.C18H18N4.C12H14N2O2.C7H10N2/c1-4-7-17-21-16-11-13(10-12(2)18(16)23-17)19(24)22-15-9-6-5-8-14(15)20-3;1-4-16-19-14-10-12(9-11(2)17(14)21-16)18-20-13-7-5-6-8-15(13)22(18)3;1-3-4-10-13-9-6-8(12(15)16)5-7(2)11(9)14-10;1-9-7-5-3-2-4-6(7)8/h5-6,8-11,20H,4,7H2,1-3H3,(H,21,23)(H,22,24);5-10H,4H2,1-3H3,(H,19,21);5-6H,3-4H2,1-2H3,(H,13,14)(H,15,16);2-5,9H,8H2,1H3. The van der Waals surface area contributed by atoms with Gasteiger partial charge in [0, 0.05) is 51.5 Å². The van der Waals surface area contributed by atoms with E-state index in [0.29, 0.717) is 11.1 Å². The number of aryl methyl sites for hydroxylation is 7. The van der Waals surface area contributed by atoms with Gasteiger partial charge in [0.05, 0.1) is 72.4 Å². The molecular weight excluding hydrogens is 889 g/mol. The van der Waals surface area contributed by atoms with Crippen molar-refractivity contribution in [3.05, 3.63) is 154 Å². The van der Waals surface area contributed by atoms with Crippen molar-refractivity contribution in [1.82, 2.24) is 39.5 Å². The van der Waals surface area contributed by atoms with Crippen molar-refractivity contribution in [2.24, 2.45) is 7.05 Å². The van der Waals surface area contributed by atoms with E-state index in [4.69, 9.17) is 15.8 Å². The third kappa shape index (κ3) is 11.7. The minimum absolute atomic E-state index is 0.130. The van der Waals surface area contributed by atoms with Crippen LogP contribution < -0.4 is 21.7 Å². The van der Waals surface area contributed by atoms with E-state index in [1.54, 1.807) is 12.1 Å². The number of benzene rings is 6. The molecule has 0 fully saturated rings. The average Bonchev–Trinajstić information content (AvgIpc) is 4.17. The number of hydrogen-bond donors (Lipinski definition) is 8. The maximum Gasteiger partial charge on any atom is 0.335 e. The highest BCUT2D eigenvalue weighted by Gasteiger charge is 2.16. The number of rotatable bonds is 11. The minimum atomic E-state index is -0.906. The number of imidazole rings is 4. The van der Waals surface area contributed by atoms with Crippen molar-refractivity contribution >= 4 is 78.8 Å². The highest BCUT2D eigenvalue weighted by Crippen LogP contribution is 2.29. The second-order valence-corrected chi connectivity index (χ2v) is 17.3. The van der Waals surface area contributed by atoms with Crippen molar-refractivity contribution < 1.29 is 14.7 Å².